The van der Waals surface area contributed by atoms with Gasteiger partial charge in [-0.1, -0.05) is 18.2 Å². The summed E-state index contributed by atoms with van der Waals surface area (Å²) >= 11 is 0. The molecule has 43 heavy (non-hydrogen) atoms. The summed E-state index contributed by atoms with van der Waals surface area (Å²) in [5, 5.41) is 11.2. The molecular formula is C34H34FN7O. The van der Waals surface area contributed by atoms with Gasteiger partial charge in [-0.2, -0.15) is 4.98 Å². The Bertz CT molecular complexity index is 1750. The Morgan fingerprint density at radius 2 is 1.65 bits per heavy atom. The predicted octanol–water partition coefficient (Wildman–Crippen LogP) is 6.66. The number of likely N-dealkylation sites (tertiary alicyclic amines) is 1. The molecule has 1 aliphatic rings. The van der Waals surface area contributed by atoms with Crippen molar-refractivity contribution in [3.05, 3.63) is 113 Å². The van der Waals surface area contributed by atoms with Gasteiger partial charge in [0.1, 0.15) is 11.6 Å². The van der Waals surface area contributed by atoms with Gasteiger partial charge in [0.25, 0.3) is 5.91 Å². The lowest BCUT2D eigenvalue weighted by Gasteiger charge is -2.32. The maximum absolute atomic E-state index is 13.6. The van der Waals surface area contributed by atoms with Crippen LogP contribution in [0, 0.1) is 19.7 Å². The van der Waals surface area contributed by atoms with Crippen LogP contribution in [-0.2, 0) is 6.54 Å². The molecule has 0 spiro atoms. The molecule has 1 fully saturated rings. The van der Waals surface area contributed by atoms with Gasteiger partial charge in [-0.3, -0.25) is 9.78 Å². The van der Waals surface area contributed by atoms with Crippen LogP contribution in [0.4, 0.5) is 27.5 Å². The van der Waals surface area contributed by atoms with Crippen LogP contribution < -0.4 is 16.0 Å². The summed E-state index contributed by atoms with van der Waals surface area (Å²) in [7, 11) is 0. The van der Waals surface area contributed by atoms with Crippen molar-refractivity contribution < 1.29 is 9.18 Å². The molecule has 0 aliphatic carbocycles. The normalized spacial score (nSPS) is 13.7. The van der Waals surface area contributed by atoms with Crippen molar-refractivity contribution in [1.82, 2.24) is 25.2 Å². The molecule has 218 valence electrons. The Morgan fingerprint density at radius 1 is 0.884 bits per heavy atom. The van der Waals surface area contributed by atoms with E-state index in [0.717, 1.165) is 60.4 Å². The summed E-state index contributed by atoms with van der Waals surface area (Å²) in [4.78, 5) is 28.5. The lowest BCUT2D eigenvalue weighted by Crippen LogP contribution is -2.44. The summed E-state index contributed by atoms with van der Waals surface area (Å²) in [6, 6.07) is 24.9. The third-order valence-electron chi connectivity index (χ3n) is 7.75. The van der Waals surface area contributed by atoms with Gasteiger partial charge < -0.3 is 20.9 Å². The van der Waals surface area contributed by atoms with Crippen LogP contribution >= 0.6 is 0 Å². The molecule has 3 N–H and O–H groups in total. The number of hydrogen-bond acceptors (Lipinski definition) is 7. The number of amides is 1. The van der Waals surface area contributed by atoms with E-state index in [4.69, 9.17) is 0 Å². The minimum atomic E-state index is -0.250. The molecule has 2 aromatic heterocycles. The minimum Gasteiger partial charge on any atom is -0.340 e. The van der Waals surface area contributed by atoms with E-state index < -0.39 is 0 Å². The molecule has 1 aliphatic heterocycles. The molecular weight excluding hydrogens is 541 g/mol. The number of nitrogens with zero attached hydrogens (tertiary/aromatic N) is 4. The average Bonchev–Trinajstić information content (AvgIpc) is 3.02. The SMILES string of the molecule is Cc1ccc2ccc(CNC3CCN(C(=O)c4ccc(Nc5nccc(Nc6ccc(F)c(C)c6)n5)cc4)CC3)cc2n1. The summed E-state index contributed by atoms with van der Waals surface area (Å²) < 4.78 is 13.6. The highest BCUT2D eigenvalue weighted by Gasteiger charge is 2.23. The van der Waals surface area contributed by atoms with Gasteiger partial charge in [-0.15, -0.1) is 0 Å². The number of piperidine rings is 1. The second-order valence-electron chi connectivity index (χ2n) is 11.0. The molecule has 1 amide bonds. The van der Waals surface area contributed by atoms with Crippen molar-refractivity contribution in [2.75, 3.05) is 23.7 Å². The lowest BCUT2D eigenvalue weighted by atomic mass is 10.0. The quantitative estimate of drug-likeness (QED) is 0.190. The third-order valence-corrected chi connectivity index (χ3v) is 7.75. The molecule has 3 heterocycles. The molecule has 0 atom stereocenters. The van der Waals surface area contributed by atoms with E-state index in [1.54, 1.807) is 31.3 Å². The topological polar surface area (TPSA) is 95.1 Å². The molecule has 0 radical (unpaired) electrons. The van der Waals surface area contributed by atoms with Gasteiger partial charge in [0.15, 0.2) is 0 Å². The number of rotatable bonds is 8. The Kier molecular flexibility index (Phi) is 8.24. The zero-order valence-corrected chi connectivity index (χ0v) is 24.3. The van der Waals surface area contributed by atoms with Gasteiger partial charge in [-0.05, 0) is 98.5 Å². The van der Waals surface area contributed by atoms with Crippen LogP contribution in [0.25, 0.3) is 10.9 Å². The van der Waals surface area contributed by atoms with E-state index in [1.165, 1.54) is 11.6 Å². The van der Waals surface area contributed by atoms with Crippen molar-refractivity contribution in [2.45, 2.75) is 39.3 Å². The van der Waals surface area contributed by atoms with Crippen LogP contribution in [0.2, 0.25) is 0 Å². The van der Waals surface area contributed by atoms with Crippen LogP contribution in [0.3, 0.4) is 0 Å². The monoisotopic (exact) mass is 575 g/mol. The standard InChI is InChI=1S/C34H34FN7O/c1-22-19-29(11-12-30(22)35)39-32-13-16-36-34(41-32)40-28-9-7-26(8-10-28)33(43)42-17-14-27(15-18-42)37-21-24-4-6-25-5-3-23(2)38-31(25)20-24/h3-13,16,19-20,27,37H,14-15,17-18,21H2,1-2H3,(H2,36,39,40,41). The van der Waals surface area contributed by atoms with Crippen molar-refractivity contribution in [2.24, 2.45) is 0 Å². The molecule has 8 nitrogen and oxygen atoms in total. The number of benzene rings is 3. The fourth-order valence-electron chi connectivity index (χ4n) is 5.29. The van der Waals surface area contributed by atoms with Crippen LogP contribution in [-0.4, -0.2) is 44.9 Å². The number of anilines is 4. The fourth-order valence-corrected chi connectivity index (χ4v) is 5.29. The smallest absolute Gasteiger partial charge is 0.253 e. The molecule has 0 bridgehead atoms. The largest absolute Gasteiger partial charge is 0.340 e. The second-order valence-corrected chi connectivity index (χ2v) is 11.0. The molecule has 0 saturated carbocycles. The van der Waals surface area contributed by atoms with Crippen molar-refractivity contribution in [3.63, 3.8) is 0 Å². The summed E-state index contributed by atoms with van der Waals surface area (Å²) in [6.07, 6.45) is 3.47. The predicted molar refractivity (Wildman–Crippen MR) is 168 cm³/mol. The number of pyridine rings is 1. The minimum absolute atomic E-state index is 0.0398. The fraction of sp³-hybridized carbons (Fsp3) is 0.235. The van der Waals surface area contributed by atoms with Gasteiger partial charge in [0.05, 0.1) is 5.52 Å². The number of hydrogen-bond donors (Lipinski definition) is 3. The Morgan fingerprint density at radius 3 is 2.44 bits per heavy atom. The number of aromatic nitrogens is 3. The van der Waals surface area contributed by atoms with E-state index >= 15 is 0 Å². The number of carbonyl (C=O) groups excluding carboxylic acids is 1. The maximum atomic E-state index is 13.6. The molecule has 1 saturated heterocycles. The number of fused-ring (bicyclic) bond motifs is 1. The summed E-state index contributed by atoms with van der Waals surface area (Å²) in [5.41, 5.74) is 5.98. The van der Waals surface area contributed by atoms with Crippen LogP contribution in [0.1, 0.15) is 40.0 Å². The highest BCUT2D eigenvalue weighted by Crippen LogP contribution is 2.22. The lowest BCUT2D eigenvalue weighted by molar-refractivity contribution is 0.0704. The van der Waals surface area contributed by atoms with E-state index in [2.05, 4.69) is 55.2 Å². The highest BCUT2D eigenvalue weighted by molar-refractivity contribution is 5.94. The third kappa shape index (κ3) is 6.95. The van der Waals surface area contributed by atoms with E-state index in [-0.39, 0.29) is 11.7 Å². The molecule has 9 heteroatoms. The van der Waals surface area contributed by atoms with Crippen LogP contribution in [0.5, 0.6) is 0 Å². The van der Waals surface area contributed by atoms with Gasteiger partial charge in [0, 0.05) is 59.9 Å². The van der Waals surface area contributed by atoms with E-state index in [1.807, 2.05) is 42.2 Å². The first kappa shape index (κ1) is 28.2. The first-order chi connectivity index (χ1) is 20.9. The maximum Gasteiger partial charge on any atom is 0.253 e. The van der Waals surface area contributed by atoms with Crippen LogP contribution in [0.15, 0.2) is 85.1 Å². The van der Waals surface area contributed by atoms with Crippen molar-refractivity contribution in [1.29, 1.82) is 0 Å². The zero-order valence-electron chi connectivity index (χ0n) is 24.3. The number of aryl methyl sites for hydroxylation is 2. The molecule has 5 aromatic rings. The zero-order chi connectivity index (χ0) is 29.8. The Labute approximate surface area is 250 Å². The molecule has 0 unspecified atom stereocenters. The summed E-state index contributed by atoms with van der Waals surface area (Å²) in [6.45, 7) is 5.95. The summed E-state index contributed by atoms with van der Waals surface area (Å²) in [5.74, 6) is 0.781. The molecule has 3 aromatic carbocycles. The molecule has 6 rings (SSSR count). The Hall–Kier alpha value is -4.89. The highest BCUT2D eigenvalue weighted by atomic mass is 19.1. The number of nitrogens with one attached hydrogen (secondary N) is 3. The average molecular weight is 576 g/mol. The second kappa shape index (κ2) is 12.5. The van der Waals surface area contributed by atoms with Gasteiger partial charge >= 0.3 is 0 Å². The van der Waals surface area contributed by atoms with E-state index in [0.29, 0.717) is 28.9 Å². The van der Waals surface area contributed by atoms with Gasteiger partial charge in [0.2, 0.25) is 5.95 Å². The van der Waals surface area contributed by atoms with Gasteiger partial charge in [-0.25, -0.2) is 9.37 Å². The van der Waals surface area contributed by atoms with E-state index in [9.17, 15) is 9.18 Å². The number of carbonyl (C=O) groups is 1. The Balaban J connectivity index is 0.994. The van der Waals surface area contributed by atoms with Crippen molar-refractivity contribution in [3.8, 4) is 0 Å². The van der Waals surface area contributed by atoms with Crippen molar-refractivity contribution >= 4 is 40.0 Å². The number of halogens is 1. The first-order valence-corrected chi connectivity index (χ1v) is 14.5. The first-order valence-electron chi connectivity index (χ1n) is 14.5.